The van der Waals surface area contributed by atoms with Crippen LogP contribution < -0.4 is 21.5 Å². The maximum atomic E-state index is 15.4. The summed E-state index contributed by atoms with van der Waals surface area (Å²) in [7, 11) is 0. The van der Waals surface area contributed by atoms with Gasteiger partial charge in [0.05, 0.1) is 46.8 Å². The number of nitrogens with one attached hydrogen (secondary N) is 1. The first-order valence-corrected chi connectivity index (χ1v) is 17.8. The Hall–Kier alpha value is -5.64. The first-order chi connectivity index (χ1) is 26.4. The number of fused-ring (bicyclic) bond motifs is 4. The quantitative estimate of drug-likeness (QED) is 0.155. The fraction of sp³-hybridized carbons (Fsp3) is 0.237. The lowest BCUT2D eigenvalue weighted by Crippen LogP contribution is -2.53. The van der Waals surface area contributed by atoms with Gasteiger partial charge < -0.3 is 9.84 Å². The number of para-hydroxylation sites is 2. The molecule has 2 N–H and O–H groups in total. The monoisotopic (exact) mass is 792 g/mol. The van der Waals surface area contributed by atoms with Crippen molar-refractivity contribution in [2.45, 2.75) is 36.5 Å². The molecule has 17 heteroatoms. The van der Waals surface area contributed by atoms with Crippen molar-refractivity contribution in [3.05, 3.63) is 150 Å². The van der Waals surface area contributed by atoms with E-state index >= 15 is 4.79 Å². The van der Waals surface area contributed by atoms with Gasteiger partial charge in [0.2, 0.25) is 0 Å². The van der Waals surface area contributed by atoms with E-state index in [1.807, 2.05) is 0 Å². The summed E-state index contributed by atoms with van der Waals surface area (Å²) in [4.78, 5) is 62.2. The molecule has 1 aliphatic carbocycles. The van der Waals surface area contributed by atoms with Gasteiger partial charge in [-0.15, -0.1) is 0 Å². The molecule has 1 saturated carbocycles. The number of aromatic nitrogens is 4. The number of benzene rings is 3. The van der Waals surface area contributed by atoms with E-state index in [4.69, 9.17) is 27.9 Å². The Labute approximate surface area is 319 Å². The van der Waals surface area contributed by atoms with Crippen LogP contribution in [0.15, 0.2) is 112 Å². The second kappa shape index (κ2) is 13.6. The number of pyridine rings is 1. The third kappa shape index (κ3) is 5.67. The number of alkyl halides is 3. The predicted molar refractivity (Wildman–Crippen MR) is 194 cm³/mol. The van der Waals surface area contributed by atoms with Crippen LogP contribution in [0, 0.1) is 5.92 Å². The number of amides is 2. The zero-order valence-electron chi connectivity index (χ0n) is 28.4. The number of allylic oxidation sites excluding steroid dienone is 2. The second-order valence-electron chi connectivity index (χ2n) is 13.2. The fourth-order valence-electron chi connectivity index (χ4n) is 8.19. The summed E-state index contributed by atoms with van der Waals surface area (Å²) in [6.07, 6.45) is -2.62. The lowest BCUT2D eigenvalue weighted by Gasteiger charge is -2.49. The number of carbonyl (C=O) groups is 2. The van der Waals surface area contributed by atoms with E-state index < -0.39 is 63.2 Å². The number of aliphatic hydroxyl groups is 1. The Kier molecular flexibility index (Phi) is 8.98. The van der Waals surface area contributed by atoms with Crippen molar-refractivity contribution >= 4 is 40.8 Å². The van der Waals surface area contributed by atoms with Crippen LogP contribution in [-0.2, 0) is 27.7 Å². The molecule has 4 atom stereocenters. The molecule has 0 bridgehead atoms. The van der Waals surface area contributed by atoms with Crippen LogP contribution in [-0.4, -0.2) is 54.1 Å². The molecule has 2 aromatic heterocycles. The van der Waals surface area contributed by atoms with Crippen LogP contribution in [0.1, 0.15) is 35.1 Å². The van der Waals surface area contributed by atoms with Gasteiger partial charge in [-0.1, -0.05) is 77.8 Å². The highest BCUT2D eigenvalue weighted by atomic mass is 35.5. The normalized spacial score (nSPS) is 21.8. The molecule has 282 valence electrons. The Morgan fingerprint density at radius 3 is 2.35 bits per heavy atom. The molecule has 3 aliphatic rings. The minimum Gasteiger partial charge on any atom is -0.491 e. The molecule has 5 aromatic rings. The van der Waals surface area contributed by atoms with Gasteiger partial charge in [0.1, 0.15) is 12.4 Å². The number of hydrogen-bond acceptors (Lipinski definition) is 8. The number of aliphatic hydroxyl groups excluding tert-OH is 1. The van der Waals surface area contributed by atoms with Gasteiger partial charge in [-0.05, 0) is 54.0 Å². The standard InChI is InChI=1S/C38H29Cl2F3N6O6/c39-23-12-10-21(11-13-23)37-27(33(51)48(34(37)52)45-32-28(40)18-22(20-44-32)38(41,42)43)19-29-25(31(37)26-8-4-5-9-30(26)55-17-16-50)14-15-46-35(53)47(36(54)49(29)46)24-6-2-1-3-7-24/h1-14,18,20,27,29,31,50H,15-17,19H2,(H,44,45). The molecule has 3 aromatic carbocycles. The third-order valence-corrected chi connectivity index (χ3v) is 11.0. The summed E-state index contributed by atoms with van der Waals surface area (Å²) in [6.45, 7) is -0.506. The van der Waals surface area contributed by atoms with Gasteiger partial charge in [0.15, 0.2) is 5.82 Å². The van der Waals surface area contributed by atoms with Crippen LogP contribution in [0.3, 0.4) is 0 Å². The van der Waals surface area contributed by atoms with Gasteiger partial charge in [-0.25, -0.2) is 28.5 Å². The number of imide groups is 1. The minimum absolute atomic E-state index is 0.0630. The van der Waals surface area contributed by atoms with Crippen molar-refractivity contribution in [2.75, 3.05) is 18.6 Å². The Balaban J connectivity index is 1.37. The summed E-state index contributed by atoms with van der Waals surface area (Å²) in [5, 5.41) is 10.2. The maximum Gasteiger partial charge on any atom is 0.417 e. The first-order valence-electron chi connectivity index (χ1n) is 17.0. The summed E-state index contributed by atoms with van der Waals surface area (Å²) >= 11 is 12.6. The van der Waals surface area contributed by atoms with Crippen molar-refractivity contribution in [1.29, 1.82) is 0 Å². The number of anilines is 1. The van der Waals surface area contributed by atoms with Crippen LogP contribution in [0.5, 0.6) is 5.75 Å². The van der Waals surface area contributed by atoms with Gasteiger partial charge in [-0.2, -0.15) is 18.2 Å². The smallest absolute Gasteiger partial charge is 0.417 e. The molecular weight excluding hydrogens is 764 g/mol. The Bertz CT molecular complexity index is 2500. The average molecular weight is 794 g/mol. The molecule has 2 amide bonds. The van der Waals surface area contributed by atoms with E-state index in [1.165, 1.54) is 9.36 Å². The number of hydrazine groups is 1. The second-order valence-corrected chi connectivity index (χ2v) is 14.1. The van der Waals surface area contributed by atoms with Crippen molar-refractivity contribution < 1.29 is 32.6 Å². The van der Waals surface area contributed by atoms with E-state index in [0.717, 1.165) is 4.57 Å². The molecule has 8 rings (SSSR count). The lowest BCUT2D eigenvalue weighted by molar-refractivity contribution is -0.139. The molecule has 2 aliphatic heterocycles. The first kappa shape index (κ1) is 36.3. The van der Waals surface area contributed by atoms with Gasteiger partial charge >= 0.3 is 17.6 Å². The number of carbonyl (C=O) groups excluding carboxylic acids is 2. The largest absolute Gasteiger partial charge is 0.491 e. The average Bonchev–Trinajstić information content (AvgIpc) is 3.55. The van der Waals surface area contributed by atoms with Crippen molar-refractivity contribution in [2.24, 2.45) is 5.92 Å². The van der Waals surface area contributed by atoms with E-state index in [1.54, 1.807) is 84.9 Å². The van der Waals surface area contributed by atoms with E-state index in [-0.39, 0.29) is 37.7 Å². The number of nitrogens with zero attached hydrogens (tertiary/aromatic N) is 5. The van der Waals surface area contributed by atoms with Crippen molar-refractivity contribution in [3.63, 3.8) is 0 Å². The minimum atomic E-state index is -4.76. The van der Waals surface area contributed by atoms with Crippen LogP contribution >= 0.6 is 23.2 Å². The Morgan fingerprint density at radius 1 is 0.945 bits per heavy atom. The zero-order chi connectivity index (χ0) is 38.8. The molecule has 4 heterocycles. The maximum absolute atomic E-state index is 15.4. The van der Waals surface area contributed by atoms with Gasteiger partial charge in [0.25, 0.3) is 11.8 Å². The van der Waals surface area contributed by atoms with Gasteiger partial charge in [-0.3, -0.25) is 15.0 Å². The highest BCUT2D eigenvalue weighted by molar-refractivity contribution is 6.33. The number of ether oxygens (including phenoxy) is 1. The zero-order valence-corrected chi connectivity index (χ0v) is 29.9. The highest BCUT2D eigenvalue weighted by Crippen LogP contribution is 2.63. The summed E-state index contributed by atoms with van der Waals surface area (Å²) in [5.41, 5.74) is 0.0826. The van der Waals surface area contributed by atoms with Crippen molar-refractivity contribution in [1.82, 2.24) is 23.9 Å². The number of halogens is 5. The van der Waals surface area contributed by atoms with Crippen LogP contribution in [0.4, 0.5) is 19.0 Å². The van der Waals surface area contributed by atoms with E-state index in [9.17, 15) is 32.7 Å². The summed E-state index contributed by atoms with van der Waals surface area (Å²) in [6, 6.07) is 21.2. The predicted octanol–water partition coefficient (Wildman–Crippen LogP) is 5.51. The molecule has 2 fully saturated rings. The Morgan fingerprint density at radius 2 is 1.65 bits per heavy atom. The fourth-order valence-corrected chi connectivity index (χ4v) is 8.53. The molecule has 0 radical (unpaired) electrons. The SMILES string of the molecule is O=C1C2CC3C(=CCn4c(=O)n(-c5ccccc5)c(=O)n43)C(c3ccccc3OCCO)C2(c2ccc(Cl)cc2)C(=O)N1Nc1ncc(C(F)(F)F)cc1Cl. The molecular formula is C38H29Cl2F3N6O6. The number of rotatable bonds is 8. The highest BCUT2D eigenvalue weighted by Gasteiger charge is 2.69. The molecule has 1 saturated heterocycles. The molecule has 0 spiro atoms. The van der Waals surface area contributed by atoms with Crippen molar-refractivity contribution in [3.8, 4) is 11.4 Å². The molecule has 55 heavy (non-hydrogen) atoms. The van der Waals surface area contributed by atoms with Crippen LogP contribution in [0.25, 0.3) is 5.69 Å². The van der Waals surface area contributed by atoms with Gasteiger partial charge in [0, 0.05) is 22.7 Å². The number of hydrogen-bond donors (Lipinski definition) is 2. The molecule has 12 nitrogen and oxygen atoms in total. The van der Waals surface area contributed by atoms with Crippen LogP contribution in [0.2, 0.25) is 10.0 Å². The third-order valence-electron chi connectivity index (χ3n) is 10.4. The summed E-state index contributed by atoms with van der Waals surface area (Å²) in [5.74, 6) is -3.99. The van der Waals surface area contributed by atoms with E-state index in [0.29, 0.717) is 44.7 Å². The summed E-state index contributed by atoms with van der Waals surface area (Å²) < 4.78 is 50.1. The topological polar surface area (TPSA) is 141 Å². The lowest BCUT2D eigenvalue weighted by atomic mass is 9.53. The molecule has 4 unspecified atom stereocenters. The van der Waals surface area contributed by atoms with E-state index in [2.05, 4.69) is 10.4 Å².